The second kappa shape index (κ2) is 9.74. The number of amides is 2. The molecule has 18 heavy (non-hydrogen) atoms. The zero-order chi connectivity index (χ0) is 14.0. The van der Waals surface area contributed by atoms with Crippen molar-refractivity contribution < 1.29 is 14.7 Å². The van der Waals surface area contributed by atoms with Crippen LogP contribution in [-0.2, 0) is 4.79 Å². The SMILES string of the molecule is CCN(C(=O)NCCCCCCC(=O)O)C(C)C. The molecule has 0 saturated carbocycles. The fourth-order valence-electron chi connectivity index (χ4n) is 1.79. The van der Waals surface area contributed by atoms with E-state index in [9.17, 15) is 9.59 Å². The van der Waals surface area contributed by atoms with E-state index >= 15 is 0 Å². The van der Waals surface area contributed by atoms with E-state index in [1.807, 2.05) is 20.8 Å². The summed E-state index contributed by atoms with van der Waals surface area (Å²) in [7, 11) is 0. The number of carboxylic acid groups (broad SMARTS) is 1. The fraction of sp³-hybridized carbons (Fsp3) is 0.846. The van der Waals surface area contributed by atoms with E-state index in [-0.39, 0.29) is 18.5 Å². The van der Waals surface area contributed by atoms with Gasteiger partial charge in [-0.3, -0.25) is 4.79 Å². The molecule has 0 unspecified atom stereocenters. The van der Waals surface area contributed by atoms with Crippen LogP contribution in [0.1, 0.15) is 52.9 Å². The highest BCUT2D eigenvalue weighted by molar-refractivity contribution is 5.74. The van der Waals surface area contributed by atoms with Crippen molar-refractivity contribution in [2.75, 3.05) is 13.1 Å². The van der Waals surface area contributed by atoms with Crippen molar-refractivity contribution in [2.45, 2.75) is 58.9 Å². The molecule has 5 nitrogen and oxygen atoms in total. The smallest absolute Gasteiger partial charge is 0.317 e. The van der Waals surface area contributed by atoms with Gasteiger partial charge in [-0.2, -0.15) is 0 Å². The van der Waals surface area contributed by atoms with Crippen LogP contribution in [0.3, 0.4) is 0 Å². The van der Waals surface area contributed by atoms with Crippen LogP contribution < -0.4 is 5.32 Å². The second-order valence-electron chi connectivity index (χ2n) is 4.67. The highest BCUT2D eigenvalue weighted by Gasteiger charge is 2.13. The van der Waals surface area contributed by atoms with E-state index in [1.54, 1.807) is 4.90 Å². The average molecular weight is 258 g/mol. The Kier molecular flexibility index (Phi) is 9.06. The van der Waals surface area contributed by atoms with E-state index in [4.69, 9.17) is 5.11 Å². The van der Waals surface area contributed by atoms with Crippen LogP contribution in [0.4, 0.5) is 4.79 Å². The normalized spacial score (nSPS) is 10.4. The number of urea groups is 1. The van der Waals surface area contributed by atoms with Gasteiger partial charge in [0.15, 0.2) is 0 Å². The minimum Gasteiger partial charge on any atom is -0.481 e. The van der Waals surface area contributed by atoms with Crippen molar-refractivity contribution in [3.63, 3.8) is 0 Å². The Morgan fingerprint density at radius 2 is 1.78 bits per heavy atom. The molecule has 0 aliphatic rings. The first-order chi connectivity index (χ1) is 8.49. The molecule has 0 bridgehead atoms. The van der Waals surface area contributed by atoms with Crippen molar-refractivity contribution >= 4 is 12.0 Å². The maximum absolute atomic E-state index is 11.7. The molecule has 2 N–H and O–H groups in total. The lowest BCUT2D eigenvalue weighted by Gasteiger charge is -2.25. The van der Waals surface area contributed by atoms with Crippen LogP contribution >= 0.6 is 0 Å². The Morgan fingerprint density at radius 1 is 1.17 bits per heavy atom. The molecule has 0 spiro atoms. The number of rotatable bonds is 9. The van der Waals surface area contributed by atoms with Crippen LogP contribution in [0.15, 0.2) is 0 Å². The molecular weight excluding hydrogens is 232 g/mol. The molecular formula is C13H26N2O3. The predicted molar refractivity (Wildman–Crippen MR) is 71.6 cm³/mol. The summed E-state index contributed by atoms with van der Waals surface area (Å²) in [6.45, 7) is 7.33. The molecule has 0 aromatic rings. The number of aliphatic carboxylic acids is 1. The third kappa shape index (κ3) is 7.92. The fourth-order valence-corrected chi connectivity index (χ4v) is 1.79. The Bertz CT molecular complexity index is 255. The molecule has 0 fully saturated rings. The minimum atomic E-state index is -0.737. The van der Waals surface area contributed by atoms with Crippen LogP contribution in [0, 0.1) is 0 Å². The number of hydrogen-bond acceptors (Lipinski definition) is 2. The summed E-state index contributed by atoms with van der Waals surface area (Å²) in [5.74, 6) is -0.737. The molecule has 0 aromatic heterocycles. The molecule has 0 aliphatic carbocycles. The third-order valence-electron chi connectivity index (χ3n) is 2.82. The zero-order valence-electron chi connectivity index (χ0n) is 11.7. The van der Waals surface area contributed by atoms with Crippen molar-refractivity contribution in [3.05, 3.63) is 0 Å². The standard InChI is InChI=1S/C13H26N2O3/c1-4-15(11(2)3)13(18)14-10-8-6-5-7-9-12(16)17/h11H,4-10H2,1-3H3,(H,14,18)(H,16,17). The van der Waals surface area contributed by atoms with Crippen molar-refractivity contribution in [3.8, 4) is 0 Å². The summed E-state index contributed by atoms with van der Waals surface area (Å²) in [6.07, 6.45) is 3.73. The van der Waals surface area contributed by atoms with Gasteiger partial charge < -0.3 is 15.3 Å². The first kappa shape index (κ1) is 16.7. The second-order valence-corrected chi connectivity index (χ2v) is 4.67. The maximum atomic E-state index is 11.7. The first-order valence-corrected chi connectivity index (χ1v) is 6.75. The number of nitrogens with zero attached hydrogens (tertiary/aromatic N) is 1. The molecule has 0 aliphatic heterocycles. The molecule has 5 heteroatoms. The number of carbonyl (C=O) groups excluding carboxylic acids is 1. The van der Waals surface area contributed by atoms with Crippen molar-refractivity contribution in [1.29, 1.82) is 0 Å². The first-order valence-electron chi connectivity index (χ1n) is 6.75. The van der Waals surface area contributed by atoms with Gasteiger partial charge in [-0.05, 0) is 33.6 Å². The van der Waals surface area contributed by atoms with E-state index in [0.717, 1.165) is 25.7 Å². The van der Waals surface area contributed by atoms with Crippen molar-refractivity contribution in [1.82, 2.24) is 10.2 Å². The molecule has 0 saturated heterocycles. The van der Waals surface area contributed by atoms with Gasteiger partial charge in [0.25, 0.3) is 0 Å². The molecule has 0 aromatic carbocycles. The summed E-state index contributed by atoms with van der Waals surface area (Å²) >= 11 is 0. The Labute approximate surface area is 110 Å². The lowest BCUT2D eigenvalue weighted by atomic mass is 10.1. The Morgan fingerprint density at radius 3 is 2.28 bits per heavy atom. The summed E-state index contributed by atoms with van der Waals surface area (Å²) in [6, 6.07) is 0.198. The van der Waals surface area contributed by atoms with Gasteiger partial charge >= 0.3 is 12.0 Å². The van der Waals surface area contributed by atoms with Gasteiger partial charge in [-0.1, -0.05) is 12.8 Å². The summed E-state index contributed by atoms with van der Waals surface area (Å²) in [5, 5.41) is 11.4. The number of hydrogen-bond donors (Lipinski definition) is 2. The van der Waals surface area contributed by atoms with Crippen molar-refractivity contribution in [2.24, 2.45) is 0 Å². The van der Waals surface area contributed by atoms with Crippen LogP contribution in [-0.4, -0.2) is 41.1 Å². The lowest BCUT2D eigenvalue weighted by Crippen LogP contribution is -2.44. The molecule has 0 radical (unpaired) electrons. The van der Waals surface area contributed by atoms with Crippen LogP contribution in [0.2, 0.25) is 0 Å². The highest BCUT2D eigenvalue weighted by Crippen LogP contribution is 2.03. The summed E-state index contributed by atoms with van der Waals surface area (Å²) in [5.41, 5.74) is 0. The number of unbranched alkanes of at least 4 members (excludes halogenated alkanes) is 3. The predicted octanol–water partition coefficient (Wildman–Crippen LogP) is 2.46. The quantitative estimate of drug-likeness (QED) is 0.624. The number of carbonyl (C=O) groups is 2. The van der Waals surface area contributed by atoms with Crippen LogP contribution in [0.5, 0.6) is 0 Å². The van der Waals surface area contributed by atoms with E-state index in [1.165, 1.54) is 0 Å². The van der Waals surface area contributed by atoms with Gasteiger partial charge in [-0.15, -0.1) is 0 Å². The lowest BCUT2D eigenvalue weighted by molar-refractivity contribution is -0.137. The van der Waals surface area contributed by atoms with E-state index in [2.05, 4.69) is 5.32 Å². The van der Waals surface area contributed by atoms with Crippen LogP contribution in [0.25, 0.3) is 0 Å². The monoisotopic (exact) mass is 258 g/mol. The Balaban J connectivity index is 3.54. The third-order valence-corrected chi connectivity index (χ3v) is 2.82. The van der Waals surface area contributed by atoms with E-state index in [0.29, 0.717) is 13.1 Å². The maximum Gasteiger partial charge on any atom is 0.317 e. The summed E-state index contributed by atoms with van der Waals surface area (Å²) in [4.78, 5) is 23.8. The molecule has 106 valence electrons. The van der Waals surface area contributed by atoms with E-state index < -0.39 is 5.97 Å². The van der Waals surface area contributed by atoms with Gasteiger partial charge in [-0.25, -0.2) is 4.79 Å². The zero-order valence-corrected chi connectivity index (χ0v) is 11.7. The molecule has 0 rings (SSSR count). The van der Waals surface area contributed by atoms with Gasteiger partial charge in [0.1, 0.15) is 0 Å². The number of nitrogens with one attached hydrogen (secondary N) is 1. The Hall–Kier alpha value is -1.26. The molecule has 0 heterocycles. The minimum absolute atomic E-state index is 0.0157. The average Bonchev–Trinajstić information content (AvgIpc) is 2.27. The number of carboxylic acids is 1. The summed E-state index contributed by atoms with van der Waals surface area (Å²) < 4.78 is 0. The topological polar surface area (TPSA) is 69.6 Å². The highest BCUT2D eigenvalue weighted by atomic mass is 16.4. The van der Waals surface area contributed by atoms with Gasteiger partial charge in [0.2, 0.25) is 0 Å². The molecule has 0 atom stereocenters. The molecule has 2 amide bonds. The van der Waals surface area contributed by atoms with Gasteiger partial charge in [0, 0.05) is 25.6 Å². The van der Waals surface area contributed by atoms with Gasteiger partial charge in [0.05, 0.1) is 0 Å². The largest absolute Gasteiger partial charge is 0.481 e.